The maximum absolute atomic E-state index is 13.2. The van der Waals surface area contributed by atoms with Gasteiger partial charge in [-0.15, -0.1) is 0 Å². The van der Waals surface area contributed by atoms with E-state index in [0.717, 1.165) is 31.4 Å². The van der Waals surface area contributed by atoms with Crippen molar-refractivity contribution in [2.75, 3.05) is 36.4 Å². The molecule has 0 atom stereocenters. The van der Waals surface area contributed by atoms with Crippen LogP contribution in [0, 0.1) is 11.8 Å². The Bertz CT molecular complexity index is 1150. The SMILES string of the molecule is O=C(Nc1ccc(S(=O)(=O)C2CCN(C(=O)C3CCCC3)CC2)cc1)C1CN(c2ccnnc2)C1. The van der Waals surface area contributed by atoms with Gasteiger partial charge in [-0.05, 0) is 56.0 Å². The zero-order valence-electron chi connectivity index (χ0n) is 19.7. The molecule has 10 heteroatoms. The molecule has 0 radical (unpaired) electrons. The van der Waals surface area contributed by atoms with Crippen molar-refractivity contribution in [3.8, 4) is 0 Å². The number of nitrogens with one attached hydrogen (secondary N) is 1. The molecule has 2 amide bonds. The van der Waals surface area contributed by atoms with E-state index in [-0.39, 0.29) is 28.5 Å². The van der Waals surface area contributed by atoms with Gasteiger partial charge < -0.3 is 15.1 Å². The Kier molecular flexibility index (Phi) is 6.73. The lowest BCUT2D eigenvalue weighted by Gasteiger charge is -2.39. The lowest BCUT2D eigenvalue weighted by Crippen LogP contribution is -2.52. The lowest BCUT2D eigenvalue weighted by molar-refractivity contribution is -0.136. The van der Waals surface area contributed by atoms with Crippen LogP contribution in [-0.2, 0) is 19.4 Å². The summed E-state index contributed by atoms with van der Waals surface area (Å²) in [4.78, 5) is 29.4. The Morgan fingerprint density at radius 1 is 0.886 bits per heavy atom. The molecule has 2 aliphatic heterocycles. The molecule has 1 aliphatic carbocycles. The van der Waals surface area contributed by atoms with Crippen LogP contribution in [0.1, 0.15) is 38.5 Å². The molecule has 0 bridgehead atoms. The number of likely N-dealkylation sites (tertiary alicyclic amines) is 1. The van der Waals surface area contributed by atoms with E-state index in [1.807, 2.05) is 11.0 Å². The van der Waals surface area contributed by atoms with Crippen LogP contribution in [0.3, 0.4) is 0 Å². The van der Waals surface area contributed by atoms with Crippen LogP contribution in [0.4, 0.5) is 11.4 Å². The highest BCUT2D eigenvalue weighted by Gasteiger charge is 2.36. The molecule has 3 fully saturated rings. The monoisotopic (exact) mass is 497 g/mol. The standard InChI is InChI=1S/C25H31N5O4S/c31-24(19-16-30(17-19)21-9-12-26-27-15-21)28-20-5-7-22(8-6-20)35(33,34)23-10-13-29(14-11-23)25(32)18-3-1-2-4-18/h5-9,12,15,18-19,23H,1-4,10-11,13-14,16-17H2,(H,28,31). The highest BCUT2D eigenvalue weighted by molar-refractivity contribution is 7.92. The molecule has 2 saturated heterocycles. The molecule has 5 rings (SSSR count). The van der Waals surface area contributed by atoms with Crippen LogP contribution < -0.4 is 10.2 Å². The smallest absolute Gasteiger partial charge is 0.231 e. The number of carbonyl (C=O) groups is 2. The number of aromatic nitrogens is 2. The molecule has 186 valence electrons. The van der Waals surface area contributed by atoms with Crippen LogP contribution in [0.15, 0.2) is 47.6 Å². The van der Waals surface area contributed by atoms with Crippen molar-refractivity contribution in [2.24, 2.45) is 11.8 Å². The summed E-state index contributed by atoms with van der Waals surface area (Å²) in [6.07, 6.45) is 8.36. The Hall–Kier alpha value is -3.01. The number of carbonyl (C=O) groups excluding carboxylic acids is 2. The summed E-state index contributed by atoms with van der Waals surface area (Å²) < 4.78 is 26.4. The fourth-order valence-corrected chi connectivity index (χ4v) is 7.04. The predicted molar refractivity (Wildman–Crippen MR) is 132 cm³/mol. The summed E-state index contributed by atoms with van der Waals surface area (Å²) in [5.74, 6) is 0.105. The number of hydrogen-bond donors (Lipinski definition) is 1. The molecule has 0 spiro atoms. The number of nitrogens with zero attached hydrogens (tertiary/aromatic N) is 4. The first-order valence-electron chi connectivity index (χ1n) is 12.4. The predicted octanol–water partition coefficient (Wildman–Crippen LogP) is 2.51. The molecular weight excluding hydrogens is 466 g/mol. The zero-order valence-corrected chi connectivity index (χ0v) is 20.5. The van der Waals surface area contributed by atoms with Crippen molar-refractivity contribution in [1.82, 2.24) is 15.1 Å². The van der Waals surface area contributed by atoms with Crippen molar-refractivity contribution in [1.29, 1.82) is 0 Å². The second-order valence-electron chi connectivity index (χ2n) is 9.77. The normalized spacial score (nSPS) is 20.0. The van der Waals surface area contributed by atoms with E-state index < -0.39 is 15.1 Å². The summed E-state index contributed by atoms with van der Waals surface area (Å²) in [6, 6.07) is 8.28. The van der Waals surface area contributed by atoms with Crippen molar-refractivity contribution in [3.63, 3.8) is 0 Å². The summed E-state index contributed by atoms with van der Waals surface area (Å²) in [7, 11) is -3.49. The first-order valence-corrected chi connectivity index (χ1v) is 13.9. The van der Waals surface area contributed by atoms with Crippen LogP contribution in [0.5, 0.6) is 0 Å². The Morgan fingerprint density at radius 3 is 2.20 bits per heavy atom. The quantitative estimate of drug-likeness (QED) is 0.652. The van der Waals surface area contributed by atoms with Gasteiger partial charge in [0.05, 0.1) is 34.1 Å². The van der Waals surface area contributed by atoms with Crippen molar-refractivity contribution >= 4 is 33.0 Å². The van der Waals surface area contributed by atoms with E-state index in [4.69, 9.17) is 0 Å². The van der Waals surface area contributed by atoms with Gasteiger partial charge >= 0.3 is 0 Å². The fourth-order valence-electron chi connectivity index (χ4n) is 5.31. The molecular formula is C25H31N5O4S. The van der Waals surface area contributed by atoms with Crippen LogP contribution in [0.2, 0.25) is 0 Å². The van der Waals surface area contributed by atoms with Gasteiger partial charge in [0.25, 0.3) is 0 Å². The third-order valence-corrected chi connectivity index (χ3v) is 9.81. The molecule has 2 aromatic rings. The minimum Gasteiger partial charge on any atom is -0.368 e. The van der Waals surface area contributed by atoms with Crippen molar-refractivity contribution < 1.29 is 18.0 Å². The molecule has 1 aromatic carbocycles. The Balaban J connectivity index is 1.13. The molecule has 1 aromatic heterocycles. The molecule has 9 nitrogen and oxygen atoms in total. The number of rotatable bonds is 6. The summed E-state index contributed by atoms with van der Waals surface area (Å²) in [5.41, 5.74) is 1.52. The molecule has 3 aliphatic rings. The lowest BCUT2D eigenvalue weighted by atomic mass is 9.98. The van der Waals surface area contributed by atoms with Gasteiger partial charge in [-0.3, -0.25) is 9.59 Å². The van der Waals surface area contributed by atoms with Crippen LogP contribution >= 0.6 is 0 Å². The average molecular weight is 498 g/mol. The highest BCUT2D eigenvalue weighted by Crippen LogP contribution is 2.30. The number of anilines is 2. The minimum absolute atomic E-state index is 0.0850. The zero-order chi connectivity index (χ0) is 24.4. The first-order chi connectivity index (χ1) is 16.9. The van der Waals surface area contributed by atoms with Crippen molar-refractivity contribution in [2.45, 2.75) is 48.7 Å². The maximum atomic E-state index is 13.2. The molecule has 3 heterocycles. The van der Waals surface area contributed by atoms with Gasteiger partial charge in [0.1, 0.15) is 0 Å². The second-order valence-corrected chi connectivity index (χ2v) is 12.0. The average Bonchev–Trinajstić information content (AvgIpc) is 3.39. The Morgan fingerprint density at radius 2 is 1.57 bits per heavy atom. The fraction of sp³-hybridized carbons (Fsp3) is 0.520. The first kappa shape index (κ1) is 23.7. The van der Waals surface area contributed by atoms with Gasteiger partial charge in [-0.25, -0.2) is 8.42 Å². The van der Waals surface area contributed by atoms with Crippen LogP contribution in [-0.4, -0.2) is 66.8 Å². The minimum atomic E-state index is -3.49. The Labute approximate surface area is 205 Å². The number of hydrogen-bond acceptors (Lipinski definition) is 7. The van der Waals surface area contributed by atoms with Gasteiger partial charge in [-0.1, -0.05) is 12.8 Å². The summed E-state index contributed by atoms with van der Waals surface area (Å²) in [5, 5.41) is 10.0. The highest BCUT2D eigenvalue weighted by atomic mass is 32.2. The van der Waals surface area contributed by atoms with Gasteiger partial charge in [-0.2, -0.15) is 10.2 Å². The van der Waals surface area contributed by atoms with E-state index in [0.29, 0.717) is 44.7 Å². The molecule has 1 N–H and O–H groups in total. The second kappa shape index (κ2) is 9.93. The maximum Gasteiger partial charge on any atom is 0.231 e. The number of amides is 2. The summed E-state index contributed by atoms with van der Waals surface area (Å²) in [6.45, 7) is 2.21. The van der Waals surface area contributed by atoms with Gasteiger partial charge in [0, 0.05) is 37.8 Å². The molecule has 35 heavy (non-hydrogen) atoms. The van der Waals surface area contributed by atoms with Gasteiger partial charge in [0.15, 0.2) is 9.84 Å². The molecule has 1 saturated carbocycles. The third-order valence-electron chi connectivity index (χ3n) is 7.53. The van der Waals surface area contributed by atoms with E-state index in [1.54, 1.807) is 36.7 Å². The van der Waals surface area contributed by atoms with E-state index >= 15 is 0 Å². The topological polar surface area (TPSA) is 113 Å². The van der Waals surface area contributed by atoms with E-state index in [9.17, 15) is 18.0 Å². The van der Waals surface area contributed by atoms with Crippen molar-refractivity contribution in [3.05, 3.63) is 42.7 Å². The number of sulfone groups is 1. The molecule has 0 unspecified atom stereocenters. The largest absolute Gasteiger partial charge is 0.368 e. The summed E-state index contributed by atoms with van der Waals surface area (Å²) >= 11 is 0. The van der Waals surface area contributed by atoms with E-state index in [1.165, 1.54) is 0 Å². The van der Waals surface area contributed by atoms with E-state index in [2.05, 4.69) is 20.4 Å². The van der Waals surface area contributed by atoms with Crippen LogP contribution in [0.25, 0.3) is 0 Å². The van der Waals surface area contributed by atoms with Gasteiger partial charge in [0.2, 0.25) is 11.8 Å². The third kappa shape index (κ3) is 5.03. The number of benzene rings is 1. The number of piperidine rings is 1.